The van der Waals surface area contributed by atoms with Crippen LogP contribution in [0.2, 0.25) is 0 Å². The van der Waals surface area contributed by atoms with E-state index in [0.29, 0.717) is 17.4 Å². The molecule has 2 atom stereocenters. The van der Waals surface area contributed by atoms with Gasteiger partial charge in [-0.2, -0.15) is 0 Å². The van der Waals surface area contributed by atoms with Crippen LogP contribution >= 0.6 is 0 Å². The predicted octanol–water partition coefficient (Wildman–Crippen LogP) is 1.84. The van der Waals surface area contributed by atoms with Crippen LogP contribution in [-0.4, -0.2) is 27.5 Å². The molecule has 1 saturated heterocycles. The molecule has 0 saturated carbocycles. The Morgan fingerprint density at radius 2 is 2.05 bits per heavy atom. The second-order valence-corrected chi connectivity index (χ2v) is 6.90. The van der Waals surface area contributed by atoms with Crippen molar-refractivity contribution in [1.82, 2.24) is 10.0 Å². The Hall–Kier alpha value is -0.910. The average molecular weight is 282 g/mol. The van der Waals surface area contributed by atoms with Crippen molar-refractivity contribution in [2.24, 2.45) is 0 Å². The molecule has 4 nitrogen and oxygen atoms in total. The van der Waals surface area contributed by atoms with Crippen molar-refractivity contribution in [2.75, 3.05) is 13.1 Å². The standard InChI is InChI=1S/C14H22N2O2S/c1-3-11(2)12-4-6-14(7-5-12)19(17,18)16-13-8-9-15-10-13/h4-7,11,13,15-16H,3,8-10H2,1-2H3. The SMILES string of the molecule is CCC(C)c1ccc(S(=O)(=O)NC2CCNC2)cc1. The van der Waals surface area contributed by atoms with Gasteiger partial charge in [0.05, 0.1) is 4.90 Å². The topological polar surface area (TPSA) is 58.2 Å². The molecular formula is C14H22N2O2S. The lowest BCUT2D eigenvalue weighted by molar-refractivity contribution is 0.560. The third-order valence-electron chi connectivity index (χ3n) is 3.75. The number of sulfonamides is 1. The van der Waals surface area contributed by atoms with E-state index >= 15 is 0 Å². The van der Waals surface area contributed by atoms with E-state index in [1.165, 1.54) is 5.56 Å². The van der Waals surface area contributed by atoms with Gasteiger partial charge in [0.2, 0.25) is 10.0 Å². The van der Waals surface area contributed by atoms with Crippen LogP contribution in [0.15, 0.2) is 29.2 Å². The van der Waals surface area contributed by atoms with E-state index in [-0.39, 0.29) is 6.04 Å². The van der Waals surface area contributed by atoms with Crippen molar-refractivity contribution in [3.8, 4) is 0 Å². The van der Waals surface area contributed by atoms with Crippen molar-refractivity contribution in [1.29, 1.82) is 0 Å². The van der Waals surface area contributed by atoms with E-state index < -0.39 is 10.0 Å². The van der Waals surface area contributed by atoms with Crippen LogP contribution in [0, 0.1) is 0 Å². The molecule has 2 rings (SSSR count). The number of rotatable bonds is 5. The van der Waals surface area contributed by atoms with Gasteiger partial charge in [0.25, 0.3) is 0 Å². The fourth-order valence-electron chi connectivity index (χ4n) is 2.25. The Labute approximate surface area is 115 Å². The van der Waals surface area contributed by atoms with Crippen LogP contribution in [0.4, 0.5) is 0 Å². The van der Waals surface area contributed by atoms with Gasteiger partial charge >= 0.3 is 0 Å². The summed E-state index contributed by atoms with van der Waals surface area (Å²) in [5, 5.41) is 3.15. The summed E-state index contributed by atoms with van der Waals surface area (Å²) >= 11 is 0. The van der Waals surface area contributed by atoms with E-state index in [4.69, 9.17) is 0 Å². The summed E-state index contributed by atoms with van der Waals surface area (Å²) < 4.78 is 27.1. The molecule has 1 aliphatic rings. The van der Waals surface area contributed by atoms with E-state index in [1.807, 2.05) is 12.1 Å². The molecule has 19 heavy (non-hydrogen) atoms. The number of hydrogen-bond donors (Lipinski definition) is 2. The molecule has 0 amide bonds. The summed E-state index contributed by atoms with van der Waals surface area (Å²) in [6.45, 7) is 5.86. The summed E-state index contributed by atoms with van der Waals surface area (Å²) in [6.07, 6.45) is 1.91. The largest absolute Gasteiger partial charge is 0.315 e. The Bertz CT molecular complexity index is 505. The smallest absolute Gasteiger partial charge is 0.240 e. The molecule has 0 spiro atoms. The quantitative estimate of drug-likeness (QED) is 0.866. The van der Waals surface area contributed by atoms with Crippen molar-refractivity contribution in [2.45, 2.75) is 43.5 Å². The molecule has 2 unspecified atom stereocenters. The predicted molar refractivity (Wildman–Crippen MR) is 76.7 cm³/mol. The van der Waals surface area contributed by atoms with Crippen molar-refractivity contribution >= 4 is 10.0 Å². The molecular weight excluding hydrogens is 260 g/mol. The summed E-state index contributed by atoms with van der Waals surface area (Å²) in [7, 11) is -3.38. The van der Waals surface area contributed by atoms with Gasteiger partial charge in [-0.3, -0.25) is 0 Å². The molecule has 5 heteroatoms. The monoisotopic (exact) mass is 282 g/mol. The zero-order chi connectivity index (χ0) is 13.9. The van der Waals surface area contributed by atoms with E-state index in [0.717, 1.165) is 19.4 Å². The lowest BCUT2D eigenvalue weighted by Crippen LogP contribution is -2.36. The van der Waals surface area contributed by atoms with Gasteiger partial charge < -0.3 is 5.32 Å². The molecule has 0 aliphatic carbocycles. The van der Waals surface area contributed by atoms with E-state index in [2.05, 4.69) is 23.9 Å². The lowest BCUT2D eigenvalue weighted by atomic mass is 9.99. The summed E-state index contributed by atoms with van der Waals surface area (Å²) in [6, 6.07) is 7.24. The first kappa shape index (κ1) is 14.5. The van der Waals surface area contributed by atoms with Gasteiger partial charge in [-0.05, 0) is 43.0 Å². The fourth-order valence-corrected chi connectivity index (χ4v) is 3.52. The summed E-state index contributed by atoms with van der Waals surface area (Å²) in [5.74, 6) is 0.462. The first-order valence-electron chi connectivity index (χ1n) is 6.86. The molecule has 2 N–H and O–H groups in total. The highest BCUT2D eigenvalue weighted by Gasteiger charge is 2.22. The minimum absolute atomic E-state index is 0.0132. The first-order chi connectivity index (χ1) is 9.03. The lowest BCUT2D eigenvalue weighted by Gasteiger charge is -2.13. The van der Waals surface area contributed by atoms with Crippen LogP contribution < -0.4 is 10.0 Å². The minimum Gasteiger partial charge on any atom is -0.315 e. The Kier molecular flexibility index (Phi) is 4.60. The van der Waals surface area contributed by atoms with Gasteiger partial charge in [0.1, 0.15) is 0 Å². The Morgan fingerprint density at radius 1 is 1.37 bits per heavy atom. The molecule has 1 fully saturated rings. The van der Waals surface area contributed by atoms with Gasteiger partial charge in [0, 0.05) is 12.6 Å². The van der Waals surface area contributed by atoms with Crippen molar-refractivity contribution in [3.05, 3.63) is 29.8 Å². The number of nitrogens with one attached hydrogen (secondary N) is 2. The van der Waals surface area contributed by atoms with Crippen LogP contribution in [0.1, 0.15) is 38.2 Å². The zero-order valence-electron chi connectivity index (χ0n) is 11.5. The molecule has 106 valence electrons. The van der Waals surface area contributed by atoms with Gasteiger partial charge in [0.15, 0.2) is 0 Å². The maximum Gasteiger partial charge on any atom is 0.240 e. The third-order valence-corrected chi connectivity index (χ3v) is 5.29. The fraction of sp³-hybridized carbons (Fsp3) is 0.571. The van der Waals surface area contributed by atoms with Gasteiger partial charge in [-0.25, -0.2) is 13.1 Å². The molecule has 0 aromatic heterocycles. The highest BCUT2D eigenvalue weighted by atomic mass is 32.2. The second kappa shape index (κ2) is 6.03. The minimum atomic E-state index is -3.38. The number of benzene rings is 1. The molecule has 1 heterocycles. The highest BCUT2D eigenvalue weighted by molar-refractivity contribution is 7.89. The van der Waals surface area contributed by atoms with Gasteiger partial charge in [-0.15, -0.1) is 0 Å². The third kappa shape index (κ3) is 3.55. The first-order valence-corrected chi connectivity index (χ1v) is 8.34. The van der Waals surface area contributed by atoms with Crippen LogP contribution in [0.3, 0.4) is 0 Å². The normalized spacial score (nSPS) is 21.5. The molecule has 1 aliphatic heterocycles. The summed E-state index contributed by atoms with van der Waals surface area (Å²) in [4.78, 5) is 0.353. The second-order valence-electron chi connectivity index (χ2n) is 5.19. The maximum atomic E-state index is 12.2. The van der Waals surface area contributed by atoms with Gasteiger partial charge in [-0.1, -0.05) is 26.0 Å². The molecule has 0 bridgehead atoms. The highest BCUT2D eigenvalue weighted by Crippen LogP contribution is 2.20. The van der Waals surface area contributed by atoms with Crippen molar-refractivity contribution < 1.29 is 8.42 Å². The maximum absolute atomic E-state index is 12.2. The van der Waals surface area contributed by atoms with Crippen LogP contribution in [0.5, 0.6) is 0 Å². The molecule has 1 aromatic rings. The van der Waals surface area contributed by atoms with Crippen LogP contribution in [-0.2, 0) is 10.0 Å². The molecule has 1 aromatic carbocycles. The van der Waals surface area contributed by atoms with Crippen molar-refractivity contribution in [3.63, 3.8) is 0 Å². The number of hydrogen-bond acceptors (Lipinski definition) is 3. The Balaban J connectivity index is 2.11. The van der Waals surface area contributed by atoms with Crippen LogP contribution in [0.25, 0.3) is 0 Å². The average Bonchev–Trinajstić information content (AvgIpc) is 2.90. The van der Waals surface area contributed by atoms with E-state index in [9.17, 15) is 8.42 Å². The zero-order valence-corrected chi connectivity index (χ0v) is 12.3. The van der Waals surface area contributed by atoms with E-state index in [1.54, 1.807) is 12.1 Å². The summed E-state index contributed by atoms with van der Waals surface area (Å²) in [5.41, 5.74) is 1.18. The Morgan fingerprint density at radius 3 is 2.58 bits per heavy atom. The molecule has 0 radical (unpaired) electrons.